The maximum absolute atomic E-state index is 9.18. The number of aromatic hydroxyl groups is 1. The van der Waals surface area contributed by atoms with Gasteiger partial charge in [0.1, 0.15) is 5.75 Å². The maximum atomic E-state index is 9.18. The number of rotatable bonds is 0. The third-order valence-electron chi connectivity index (χ3n) is 1.42. The van der Waals surface area contributed by atoms with Crippen LogP contribution in [0.2, 0.25) is 5.02 Å². The molecule has 0 spiro atoms. The summed E-state index contributed by atoms with van der Waals surface area (Å²) in [5, 5.41) is 10.5. The predicted octanol–water partition coefficient (Wildman–Crippen LogP) is 2.66. The Morgan fingerprint density at radius 2 is 2.27 bits per heavy atom. The van der Waals surface area contributed by atoms with E-state index in [1.54, 1.807) is 18.3 Å². The molecule has 0 saturated carbocycles. The Bertz CT molecular complexity index is 362. The summed E-state index contributed by atoms with van der Waals surface area (Å²) in [5.41, 5.74) is 0. The van der Waals surface area contributed by atoms with Crippen molar-refractivity contribution in [3.63, 3.8) is 0 Å². The van der Waals surface area contributed by atoms with Crippen LogP contribution in [0.4, 0.5) is 0 Å². The second kappa shape index (κ2) is 2.36. The number of halogens is 1. The van der Waals surface area contributed by atoms with E-state index in [-0.39, 0.29) is 5.75 Å². The molecule has 56 valence electrons. The lowest BCUT2D eigenvalue weighted by atomic mass is 10.3. The molecule has 11 heavy (non-hydrogen) atoms. The van der Waals surface area contributed by atoms with Crippen LogP contribution in [0.3, 0.4) is 0 Å². The first-order valence-electron chi connectivity index (χ1n) is 3.00. The van der Waals surface area contributed by atoms with Crippen molar-refractivity contribution in [1.82, 2.24) is 4.37 Å². The molecule has 0 unspecified atom stereocenters. The first-order valence-corrected chi connectivity index (χ1v) is 4.15. The molecule has 0 aliphatic rings. The van der Waals surface area contributed by atoms with Gasteiger partial charge >= 0.3 is 0 Å². The van der Waals surface area contributed by atoms with E-state index in [4.69, 9.17) is 11.6 Å². The largest absolute Gasteiger partial charge is 0.506 e. The van der Waals surface area contributed by atoms with Crippen molar-refractivity contribution in [1.29, 1.82) is 0 Å². The van der Waals surface area contributed by atoms with Crippen LogP contribution >= 0.6 is 23.1 Å². The van der Waals surface area contributed by atoms with Crippen molar-refractivity contribution in [2.24, 2.45) is 0 Å². The summed E-state index contributed by atoms with van der Waals surface area (Å²) in [6.45, 7) is 0. The molecule has 1 heterocycles. The van der Waals surface area contributed by atoms with E-state index in [1.165, 1.54) is 11.5 Å². The highest BCUT2D eigenvalue weighted by molar-refractivity contribution is 7.13. The van der Waals surface area contributed by atoms with Gasteiger partial charge in [0.25, 0.3) is 0 Å². The standard InChI is InChI=1S/C7H4ClNOS/c8-5-1-4-3-9-11-7(4)2-6(5)10/h1-3,10H. The van der Waals surface area contributed by atoms with Gasteiger partial charge in [-0.05, 0) is 17.6 Å². The van der Waals surface area contributed by atoms with Crippen molar-refractivity contribution in [2.45, 2.75) is 0 Å². The third-order valence-corrected chi connectivity index (χ3v) is 2.49. The summed E-state index contributed by atoms with van der Waals surface area (Å²) < 4.78 is 4.91. The van der Waals surface area contributed by atoms with Crippen molar-refractivity contribution in [2.75, 3.05) is 0 Å². The molecule has 1 aromatic heterocycles. The average molecular weight is 186 g/mol. The summed E-state index contributed by atoms with van der Waals surface area (Å²) in [6, 6.07) is 3.32. The number of phenols is 1. The lowest BCUT2D eigenvalue weighted by Gasteiger charge is -1.93. The number of aromatic nitrogens is 1. The lowest BCUT2D eigenvalue weighted by Crippen LogP contribution is -1.66. The van der Waals surface area contributed by atoms with Crippen LogP contribution in [-0.4, -0.2) is 9.48 Å². The normalized spacial score (nSPS) is 10.6. The number of nitrogens with zero attached hydrogens (tertiary/aromatic N) is 1. The molecule has 2 nitrogen and oxygen atoms in total. The highest BCUT2D eigenvalue weighted by Gasteiger charge is 2.01. The van der Waals surface area contributed by atoms with Gasteiger partial charge in [0, 0.05) is 17.6 Å². The summed E-state index contributed by atoms with van der Waals surface area (Å²) in [4.78, 5) is 0. The van der Waals surface area contributed by atoms with Crippen molar-refractivity contribution < 1.29 is 5.11 Å². The smallest absolute Gasteiger partial charge is 0.135 e. The minimum absolute atomic E-state index is 0.114. The second-order valence-electron chi connectivity index (χ2n) is 2.17. The third kappa shape index (κ3) is 1.06. The van der Waals surface area contributed by atoms with E-state index >= 15 is 0 Å². The van der Waals surface area contributed by atoms with Gasteiger partial charge in [-0.2, -0.15) is 4.37 Å². The van der Waals surface area contributed by atoms with Crippen LogP contribution < -0.4 is 0 Å². The molecule has 0 atom stereocenters. The zero-order valence-electron chi connectivity index (χ0n) is 5.41. The highest BCUT2D eigenvalue weighted by Crippen LogP contribution is 2.30. The van der Waals surface area contributed by atoms with Crippen LogP contribution in [0.25, 0.3) is 10.1 Å². The number of phenolic OH excluding ortho intramolecular Hbond substituents is 1. The summed E-state index contributed by atoms with van der Waals surface area (Å²) in [6.07, 6.45) is 1.73. The van der Waals surface area contributed by atoms with Gasteiger partial charge in [-0.3, -0.25) is 0 Å². The fourth-order valence-corrected chi connectivity index (χ4v) is 1.71. The average Bonchev–Trinajstić information content (AvgIpc) is 2.36. The van der Waals surface area contributed by atoms with Gasteiger partial charge in [0.15, 0.2) is 0 Å². The fraction of sp³-hybridized carbons (Fsp3) is 0. The molecule has 0 aliphatic carbocycles. The van der Waals surface area contributed by atoms with E-state index in [2.05, 4.69) is 4.37 Å². The van der Waals surface area contributed by atoms with Gasteiger partial charge in [-0.25, -0.2) is 0 Å². The molecule has 0 bridgehead atoms. The molecule has 0 aliphatic heterocycles. The first kappa shape index (κ1) is 6.88. The van der Waals surface area contributed by atoms with Crippen molar-refractivity contribution in [3.8, 4) is 5.75 Å². The predicted molar refractivity (Wildman–Crippen MR) is 46.3 cm³/mol. The number of fused-ring (bicyclic) bond motifs is 1. The topological polar surface area (TPSA) is 33.1 Å². The summed E-state index contributed by atoms with van der Waals surface area (Å²) >= 11 is 7.01. The van der Waals surface area contributed by atoms with Gasteiger partial charge in [0.2, 0.25) is 0 Å². The molecule has 4 heteroatoms. The molecule has 1 N–H and O–H groups in total. The maximum Gasteiger partial charge on any atom is 0.135 e. The second-order valence-corrected chi connectivity index (χ2v) is 3.41. The number of benzene rings is 1. The van der Waals surface area contributed by atoms with E-state index in [1.807, 2.05) is 0 Å². The van der Waals surface area contributed by atoms with E-state index in [9.17, 15) is 5.11 Å². The molecule has 0 saturated heterocycles. The molecule has 1 aromatic carbocycles. The van der Waals surface area contributed by atoms with Crippen molar-refractivity contribution in [3.05, 3.63) is 23.4 Å². The Kier molecular flexibility index (Phi) is 1.47. The van der Waals surface area contributed by atoms with Gasteiger partial charge in [0.05, 0.1) is 9.72 Å². The number of hydrogen-bond acceptors (Lipinski definition) is 3. The molecular formula is C7H4ClNOS. The molecule has 0 radical (unpaired) electrons. The quantitative estimate of drug-likeness (QED) is 0.685. The Morgan fingerprint density at radius 1 is 1.45 bits per heavy atom. The fourth-order valence-electron chi connectivity index (χ4n) is 0.878. The molecule has 0 amide bonds. The monoisotopic (exact) mass is 185 g/mol. The van der Waals surface area contributed by atoms with Gasteiger partial charge in [-0.1, -0.05) is 11.6 Å². The Hall–Kier alpha value is -0.800. The lowest BCUT2D eigenvalue weighted by molar-refractivity contribution is 0.476. The Balaban J connectivity index is 2.86. The van der Waals surface area contributed by atoms with Crippen LogP contribution in [-0.2, 0) is 0 Å². The van der Waals surface area contributed by atoms with E-state index < -0.39 is 0 Å². The minimum atomic E-state index is 0.114. The zero-order valence-corrected chi connectivity index (χ0v) is 6.99. The van der Waals surface area contributed by atoms with Crippen LogP contribution in [0.1, 0.15) is 0 Å². The molecular weight excluding hydrogens is 182 g/mol. The van der Waals surface area contributed by atoms with Crippen LogP contribution in [0.5, 0.6) is 5.75 Å². The molecule has 2 rings (SSSR count). The SMILES string of the molecule is Oc1cc2sncc2cc1Cl. The molecule has 2 aromatic rings. The first-order chi connectivity index (χ1) is 5.27. The van der Waals surface area contributed by atoms with E-state index in [0.717, 1.165) is 10.1 Å². The van der Waals surface area contributed by atoms with E-state index in [0.29, 0.717) is 5.02 Å². The Morgan fingerprint density at radius 3 is 3.09 bits per heavy atom. The zero-order chi connectivity index (χ0) is 7.84. The molecule has 0 fully saturated rings. The summed E-state index contributed by atoms with van der Waals surface area (Å²) in [5.74, 6) is 0.114. The van der Waals surface area contributed by atoms with Gasteiger partial charge in [-0.15, -0.1) is 0 Å². The summed E-state index contributed by atoms with van der Waals surface area (Å²) in [7, 11) is 0. The van der Waals surface area contributed by atoms with Crippen LogP contribution in [0.15, 0.2) is 18.3 Å². The number of hydrogen-bond donors (Lipinski definition) is 1. The van der Waals surface area contributed by atoms with Crippen LogP contribution in [0, 0.1) is 0 Å². The van der Waals surface area contributed by atoms with Gasteiger partial charge < -0.3 is 5.11 Å². The van der Waals surface area contributed by atoms with Crippen molar-refractivity contribution >= 4 is 33.2 Å². The highest BCUT2D eigenvalue weighted by atomic mass is 35.5. The minimum Gasteiger partial charge on any atom is -0.506 e. The Labute approximate surface area is 72.2 Å².